The lowest BCUT2D eigenvalue weighted by Gasteiger charge is -2.03. The molecular weight excluding hydrogens is 182 g/mol. The van der Waals surface area contributed by atoms with Crippen LogP contribution in [0.3, 0.4) is 0 Å². The minimum atomic E-state index is 0.278. The standard InChI is InChI=1S/C9H9N3O2/c10-7-2-1-3-8(4-7)13-5-9-11-6-14-12-9/h1-4,6H,5,10H2. The molecular formula is C9H9N3O2. The van der Waals surface area contributed by atoms with Crippen LogP contribution in [0.5, 0.6) is 5.75 Å². The molecule has 0 spiro atoms. The monoisotopic (exact) mass is 191 g/mol. The maximum Gasteiger partial charge on any atom is 0.213 e. The molecule has 2 aromatic rings. The van der Waals surface area contributed by atoms with Gasteiger partial charge in [-0.05, 0) is 12.1 Å². The van der Waals surface area contributed by atoms with Crippen molar-refractivity contribution in [2.24, 2.45) is 0 Å². The molecule has 1 aromatic carbocycles. The summed E-state index contributed by atoms with van der Waals surface area (Å²) in [6, 6.07) is 7.17. The molecule has 0 saturated heterocycles. The van der Waals surface area contributed by atoms with Crippen LogP contribution in [0.25, 0.3) is 0 Å². The number of ether oxygens (including phenoxy) is 1. The zero-order valence-corrected chi connectivity index (χ0v) is 7.38. The number of hydrogen-bond donors (Lipinski definition) is 1. The summed E-state index contributed by atoms with van der Waals surface area (Å²) in [5, 5.41) is 3.61. The second-order valence-electron chi connectivity index (χ2n) is 2.71. The largest absolute Gasteiger partial charge is 0.485 e. The van der Waals surface area contributed by atoms with Gasteiger partial charge in [-0.25, -0.2) is 0 Å². The molecule has 0 aliphatic heterocycles. The summed E-state index contributed by atoms with van der Waals surface area (Å²) < 4.78 is 9.93. The Hall–Kier alpha value is -2.04. The van der Waals surface area contributed by atoms with E-state index in [0.717, 1.165) is 0 Å². The number of rotatable bonds is 3. The minimum absolute atomic E-state index is 0.278. The summed E-state index contributed by atoms with van der Waals surface area (Å²) >= 11 is 0. The molecule has 0 saturated carbocycles. The highest BCUT2D eigenvalue weighted by molar-refractivity contribution is 5.43. The van der Waals surface area contributed by atoms with Crippen LogP contribution in [-0.2, 0) is 6.61 Å². The van der Waals surface area contributed by atoms with Crippen LogP contribution in [0.15, 0.2) is 35.2 Å². The Morgan fingerprint density at radius 2 is 2.36 bits per heavy atom. The molecule has 0 fully saturated rings. The van der Waals surface area contributed by atoms with E-state index in [1.165, 1.54) is 6.39 Å². The van der Waals surface area contributed by atoms with Crippen molar-refractivity contribution in [3.05, 3.63) is 36.5 Å². The SMILES string of the molecule is Nc1cccc(OCc2ncon2)c1. The van der Waals surface area contributed by atoms with Gasteiger partial charge in [-0.2, -0.15) is 4.98 Å². The molecule has 0 bridgehead atoms. The topological polar surface area (TPSA) is 74.2 Å². The zero-order valence-electron chi connectivity index (χ0n) is 7.38. The van der Waals surface area contributed by atoms with Crippen LogP contribution < -0.4 is 10.5 Å². The summed E-state index contributed by atoms with van der Waals surface area (Å²) in [7, 11) is 0. The van der Waals surface area contributed by atoms with Gasteiger partial charge in [0.05, 0.1) is 0 Å². The van der Waals surface area contributed by atoms with Gasteiger partial charge in [0, 0.05) is 11.8 Å². The van der Waals surface area contributed by atoms with Crippen molar-refractivity contribution in [3.63, 3.8) is 0 Å². The first-order chi connectivity index (χ1) is 6.84. The van der Waals surface area contributed by atoms with Gasteiger partial charge in [-0.15, -0.1) is 0 Å². The van der Waals surface area contributed by atoms with E-state index in [9.17, 15) is 0 Å². The molecule has 14 heavy (non-hydrogen) atoms. The van der Waals surface area contributed by atoms with Crippen molar-refractivity contribution in [1.29, 1.82) is 0 Å². The Kier molecular flexibility index (Phi) is 2.31. The van der Waals surface area contributed by atoms with Crippen LogP contribution in [0.1, 0.15) is 5.82 Å². The van der Waals surface area contributed by atoms with Gasteiger partial charge in [-0.1, -0.05) is 11.2 Å². The fourth-order valence-electron chi connectivity index (χ4n) is 1.01. The van der Waals surface area contributed by atoms with E-state index in [1.54, 1.807) is 12.1 Å². The summed E-state index contributed by atoms with van der Waals surface area (Å²) in [5.74, 6) is 1.20. The summed E-state index contributed by atoms with van der Waals surface area (Å²) in [5.41, 5.74) is 6.24. The Morgan fingerprint density at radius 1 is 1.43 bits per heavy atom. The first kappa shape index (κ1) is 8.55. The molecule has 72 valence electrons. The lowest BCUT2D eigenvalue weighted by molar-refractivity contribution is 0.287. The lowest BCUT2D eigenvalue weighted by atomic mass is 10.3. The molecule has 0 atom stereocenters. The summed E-state index contributed by atoms with van der Waals surface area (Å²) in [4.78, 5) is 3.82. The van der Waals surface area contributed by atoms with Gasteiger partial charge >= 0.3 is 0 Å². The van der Waals surface area contributed by atoms with Gasteiger partial charge < -0.3 is 15.0 Å². The van der Waals surface area contributed by atoms with Gasteiger partial charge in [0.2, 0.25) is 12.2 Å². The first-order valence-electron chi connectivity index (χ1n) is 4.08. The molecule has 1 heterocycles. The zero-order chi connectivity index (χ0) is 9.80. The molecule has 0 radical (unpaired) electrons. The number of nitrogen functional groups attached to an aromatic ring is 1. The van der Waals surface area contributed by atoms with E-state index >= 15 is 0 Å². The van der Waals surface area contributed by atoms with Crippen LogP contribution in [0.2, 0.25) is 0 Å². The Morgan fingerprint density at radius 3 is 3.07 bits per heavy atom. The number of aromatic nitrogens is 2. The highest BCUT2D eigenvalue weighted by Crippen LogP contribution is 2.15. The van der Waals surface area contributed by atoms with Crippen molar-refractivity contribution in [3.8, 4) is 5.75 Å². The molecule has 2 rings (SSSR count). The normalized spacial score (nSPS) is 10.0. The number of anilines is 1. The quantitative estimate of drug-likeness (QED) is 0.738. The highest BCUT2D eigenvalue weighted by atomic mass is 16.5. The highest BCUT2D eigenvalue weighted by Gasteiger charge is 1.99. The van der Waals surface area contributed by atoms with E-state index < -0.39 is 0 Å². The van der Waals surface area contributed by atoms with Crippen molar-refractivity contribution >= 4 is 5.69 Å². The molecule has 5 nitrogen and oxygen atoms in total. The number of nitrogens with zero attached hydrogens (tertiary/aromatic N) is 2. The molecule has 0 unspecified atom stereocenters. The number of benzene rings is 1. The van der Waals surface area contributed by atoms with Gasteiger partial charge in [0.1, 0.15) is 5.75 Å². The second kappa shape index (κ2) is 3.78. The smallest absolute Gasteiger partial charge is 0.213 e. The minimum Gasteiger partial charge on any atom is -0.485 e. The average molecular weight is 191 g/mol. The third-order valence-electron chi connectivity index (χ3n) is 1.63. The molecule has 5 heteroatoms. The Balaban J connectivity index is 1.98. The summed E-state index contributed by atoms with van der Waals surface area (Å²) in [6.07, 6.45) is 1.26. The van der Waals surface area contributed by atoms with Gasteiger partial charge in [-0.3, -0.25) is 0 Å². The molecule has 0 aliphatic carbocycles. The van der Waals surface area contributed by atoms with Crippen LogP contribution in [-0.4, -0.2) is 10.1 Å². The average Bonchev–Trinajstić information content (AvgIpc) is 2.67. The third-order valence-corrected chi connectivity index (χ3v) is 1.63. The summed E-state index contributed by atoms with van der Waals surface area (Å²) in [6.45, 7) is 0.278. The third kappa shape index (κ3) is 2.01. The van der Waals surface area contributed by atoms with Gasteiger partial charge in [0.25, 0.3) is 0 Å². The Bertz CT molecular complexity index is 400. The molecule has 2 N–H and O–H groups in total. The van der Waals surface area contributed by atoms with E-state index in [1.807, 2.05) is 12.1 Å². The maximum absolute atomic E-state index is 5.58. The van der Waals surface area contributed by atoms with Crippen LogP contribution in [0.4, 0.5) is 5.69 Å². The van der Waals surface area contributed by atoms with Crippen LogP contribution in [0, 0.1) is 0 Å². The lowest BCUT2D eigenvalue weighted by Crippen LogP contribution is -1.97. The van der Waals surface area contributed by atoms with Crippen molar-refractivity contribution < 1.29 is 9.26 Å². The predicted molar refractivity (Wildman–Crippen MR) is 49.5 cm³/mol. The maximum atomic E-state index is 5.58. The molecule has 1 aromatic heterocycles. The molecule has 0 amide bonds. The van der Waals surface area contributed by atoms with E-state index in [4.69, 9.17) is 10.5 Å². The van der Waals surface area contributed by atoms with Crippen molar-refractivity contribution in [2.75, 3.05) is 5.73 Å². The number of nitrogens with two attached hydrogens (primary N) is 1. The second-order valence-corrected chi connectivity index (χ2v) is 2.71. The van der Waals surface area contributed by atoms with Crippen molar-refractivity contribution in [1.82, 2.24) is 10.1 Å². The molecule has 0 aliphatic rings. The fraction of sp³-hybridized carbons (Fsp3) is 0.111. The van der Waals surface area contributed by atoms with E-state index in [-0.39, 0.29) is 6.61 Å². The van der Waals surface area contributed by atoms with E-state index in [2.05, 4.69) is 14.7 Å². The van der Waals surface area contributed by atoms with Crippen molar-refractivity contribution in [2.45, 2.75) is 6.61 Å². The number of hydrogen-bond acceptors (Lipinski definition) is 5. The predicted octanol–water partition coefficient (Wildman–Crippen LogP) is 1.23. The van der Waals surface area contributed by atoms with Gasteiger partial charge in [0.15, 0.2) is 6.61 Å². The fourth-order valence-corrected chi connectivity index (χ4v) is 1.01. The van der Waals surface area contributed by atoms with Crippen LogP contribution >= 0.6 is 0 Å². The first-order valence-corrected chi connectivity index (χ1v) is 4.08. The van der Waals surface area contributed by atoms with E-state index in [0.29, 0.717) is 17.3 Å². The Labute approximate surface area is 80.5 Å².